The molecule has 114 valence electrons. The highest BCUT2D eigenvalue weighted by Crippen LogP contribution is 2.44. The van der Waals surface area contributed by atoms with Gasteiger partial charge in [-0.05, 0) is 50.9 Å². The van der Waals surface area contributed by atoms with Crippen molar-refractivity contribution in [3.8, 4) is 0 Å². The van der Waals surface area contributed by atoms with Gasteiger partial charge in [-0.3, -0.25) is 11.3 Å². The van der Waals surface area contributed by atoms with Crippen molar-refractivity contribution >= 4 is 0 Å². The second-order valence-electron chi connectivity index (χ2n) is 6.52. The van der Waals surface area contributed by atoms with E-state index in [2.05, 4.69) is 26.2 Å². The SMILES string of the molecule is CCOC1(C(CCCOC)NN)CCC(C)(C)CC1. The van der Waals surface area contributed by atoms with Gasteiger partial charge in [0, 0.05) is 20.3 Å². The molecule has 1 aliphatic rings. The molecule has 0 aromatic rings. The van der Waals surface area contributed by atoms with E-state index in [1.165, 1.54) is 12.8 Å². The third-order valence-corrected chi connectivity index (χ3v) is 4.56. The van der Waals surface area contributed by atoms with Gasteiger partial charge < -0.3 is 9.47 Å². The van der Waals surface area contributed by atoms with Gasteiger partial charge in [-0.25, -0.2) is 0 Å². The standard InChI is InChI=1S/C15H32N2O2/c1-5-19-15(10-8-14(2,3)9-11-15)13(17-16)7-6-12-18-4/h13,17H,5-12,16H2,1-4H3. The van der Waals surface area contributed by atoms with Crippen molar-refractivity contribution in [2.24, 2.45) is 11.3 Å². The summed E-state index contributed by atoms with van der Waals surface area (Å²) in [5.41, 5.74) is 3.35. The maximum Gasteiger partial charge on any atom is 0.0848 e. The Labute approximate surface area is 118 Å². The summed E-state index contributed by atoms with van der Waals surface area (Å²) < 4.78 is 11.3. The Kier molecular flexibility index (Phi) is 6.74. The van der Waals surface area contributed by atoms with Crippen LogP contribution in [0.1, 0.15) is 59.3 Å². The lowest BCUT2D eigenvalue weighted by Crippen LogP contribution is -2.57. The average molecular weight is 272 g/mol. The molecular weight excluding hydrogens is 240 g/mol. The first-order valence-corrected chi connectivity index (χ1v) is 7.59. The molecule has 1 atom stereocenters. The first-order chi connectivity index (χ1) is 8.99. The molecule has 4 heteroatoms. The van der Waals surface area contributed by atoms with Crippen LogP contribution >= 0.6 is 0 Å². The Morgan fingerprint density at radius 1 is 1.21 bits per heavy atom. The number of rotatable bonds is 8. The fourth-order valence-electron chi connectivity index (χ4n) is 3.16. The number of ether oxygens (including phenoxy) is 2. The minimum atomic E-state index is -0.0905. The van der Waals surface area contributed by atoms with Crippen molar-refractivity contribution in [2.45, 2.75) is 70.9 Å². The van der Waals surface area contributed by atoms with E-state index in [1.807, 2.05) is 0 Å². The van der Waals surface area contributed by atoms with Gasteiger partial charge in [-0.2, -0.15) is 0 Å². The van der Waals surface area contributed by atoms with Crippen LogP contribution in [0.2, 0.25) is 0 Å². The minimum absolute atomic E-state index is 0.0905. The van der Waals surface area contributed by atoms with E-state index in [1.54, 1.807) is 7.11 Å². The Bertz CT molecular complexity index is 247. The van der Waals surface area contributed by atoms with Gasteiger partial charge in [0.25, 0.3) is 0 Å². The van der Waals surface area contributed by atoms with Crippen molar-refractivity contribution in [3.05, 3.63) is 0 Å². The lowest BCUT2D eigenvalue weighted by Gasteiger charge is -2.47. The summed E-state index contributed by atoms with van der Waals surface area (Å²) >= 11 is 0. The molecule has 0 amide bonds. The Morgan fingerprint density at radius 2 is 1.84 bits per heavy atom. The van der Waals surface area contributed by atoms with E-state index in [-0.39, 0.29) is 11.6 Å². The van der Waals surface area contributed by atoms with Crippen LogP contribution < -0.4 is 11.3 Å². The van der Waals surface area contributed by atoms with E-state index >= 15 is 0 Å². The summed E-state index contributed by atoms with van der Waals surface area (Å²) in [6, 6.07) is 0.221. The zero-order chi connectivity index (χ0) is 14.4. The van der Waals surface area contributed by atoms with Gasteiger partial charge in [0.05, 0.1) is 11.6 Å². The smallest absolute Gasteiger partial charge is 0.0848 e. The summed E-state index contributed by atoms with van der Waals surface area (Å²) in [6.45, 7) is 8.30. The third kappa shape index (κ3) is 4.71. The van der Waals surface area contributed by atoms with Gasteiger partial charge in [0.1, 0.15) is 0 Å². The maximum absolute atomic E-state index is 6.16. The first kappa shape index (κ1) is 16.9. The molecule has 0 bridgehead atoms. The van der Waals surface area contributed by atoms with Crippen LogP contribution in [0, 0.1) is 5.41 Å². The number of nitrogens with one attached hydrogen (secondary N) is 1. The molecule has 1 aliphatic carbocycles. The van der Waals surface area contributed by atoms with Crippen molar-refractivity contribution in [2.75, 3.05) is 20.3 Å². The van der Waals surface area contributed by atoms with Crippen LogP contribution in [0.15, 0.2) is 0 Å². The molecule has 0 spiro atoms. The van der Waals surface area contributed by atoms with E-state index < -0.39 is 0 Å². The van der Waals surface area contributed by atoms with Gasteiger partial charge >= 0.3 is 0 Å². The van der Waals surface area contributed by atoms with Crippen molar-refractivity contribution in [1.82, 2.24) is 5.43 Å². The number of hydrogen-bond donors (Lipinski definition) is 2. The molecule has 4 nitrogen and oxygen atoms in total. The van der Waals surface area contributed by atoms with E-state index in [9.17, 15) is 0 Å². The normalized spacial score (nSPS) is 23.2. The fourth-order valence-corrected chi connectivity index (χ4v) is 3.16. The average Bonchev–Trinajstić information content (AvgIpc) is 2.38. The van der Waals surface area contributed by atoms with Crippen molar-refractivity contribution < 1.29 is 9.47 Å². The van der Waals surface area contributed by atoms with Gasteiger partial charge in [-0.15, -0.1) is 0 Å². The van der Waals surface area contributed by atoms with E-state index in [0.29, 0.717) is 5.41 Å². The molecule has 1 fully saturated rings. The highest BCUT2D eigenvalue weighted by atomic mass is 16.5. The van der Waals surface area contributed by atoms with Gasteiger partial charge in [-0.1, -0.05) is 13.8 Å². The summed E-state index contributed by atoms with van der Waals surface area (Å²) in [4.78, 5) is 0. The molecule has 19 heavy (non-hydrogen) atoms. The predicted molar refractivity (Wildman–Crippen MR) is 78.8 cm³/mol. The van der Waals surface area contributed by atoms with Crippen molar-refractivity contribution in [1.29, 1.82) is 0 Å². The van der Waals surface area contributed by atoms with E-state index in [0.717, 1.165) is 38.9 Å². The highest BCUT2D eigenvalue weighted by molar-refractivity contribution is 4.98. The number of nitrogens with two attached hydrogens (primary N) is 1. The summed E-state index contributed by atoms with van der Waals surface area (Å²) in [5.74, 6) is 5.80. The lowest BCUT2D eigenvalue weighted by molar-refractivity contribution is -0.108. The molecule has 0 aromatic carbocycles. The molecule has 0 aliphatic heterocycles. The molecule has 0 saturated heterocycles. The van der Waals surface area contributed by atoms with Crippen LogP contribution in [-0.2, 0) is 9.47 Å². The number of methoxy groups -OCH3 is 1. The second kappa shape index (κ2) is 7.58. The zero-order valence-corrected chi connectivity index (χ0v) is 13.1. The number of hydrazine groups is 1. The topological polar surface area (TPSA) is 56.5 Å². The Balaban J connectivity index is 2.68. The molecule has 0 aromatic heterocycles. The van der Waals surface area contributed by atoms with Crippen LogP contribution in [0.4, 0.5) is 0 Å². The summed E-state index contributed by atoms with van der Waals surface area (Å²) in [7, 11) is 1.74. The second-order valence-corrected chi connectivity index (χ2v) is 6.52. The predicted octanol–water partition coefficient (Wildman–Crippen LogP) is 2.62. The van der Waals surface area contributed by atoms with Gasteiger partial charge in [0.15, 0.2) is 0 Å². The molecule has 0 heterocycles. The van der Waals surface area contributed by atoms with Crippen LogP contribution in [0.3, 0.4) is 0 Å². The fraction of sp³-hybridized carbons (Fsp3) is 1.00. The quantitative estimate of drug-likeness (QED) is 0.405. The maximum atomic E-state index is 6.16. The molecule has 1 saturated carbocycles. The molecule has 1 rings (SSSR count). The van der Waals surface area contributed by atoms with Crippen LogP contribution in [0.25, 0.3) is 0 Å². The number of hydrogen-bond acceptors (Lipinski definition) is 4. The highest BCUT2D eigenvalue weighted by Gasteiger charge is 2.44. The van der Waals surface area contributed by atoms with Crippen molar-refractivity contribution in [3.63, 3.8) is 0 Å². The minimum Gasteiger partial charge on any atom is -0.385 e. The summed E-state index contributed by atoms with van der Waals surface area (Å²) in [5, 5.41) is 0. The largest absolute Gasteiger partial charge is 0.385 e. The first-order valence-electron chi connectivity index (χ1n) is 7.59. The molecule has 0 radical (unpaired) electrons. The molecular formula is C15H32N2O2. The Morgan fingerprint density at radius 3 is 2.32 bits per heavy atom. The van der Waals surface area contributed by atoms with E-state index in [4.69, 9.17) is 15.3 Å². The van der Waals surface area contributed by atoms with Crippen LogP contribution in [-0.4, -0.2) is 32.0 Å². The third-order valence-electron chi connectivity index (χ3n) is 4.56. The van der Waals surface area contributed by atoms with Crippen LogP contribution in [0.5, 0.6) is 0 Å². The lowest BCUT2D eigenvalue weighted by atomic mass is 9.68. The Hall–Kier alpha value is -0.160. The molecule has 3 N–H and O–H groups in total. The zero-order valence-electron chi connectivity index (χ0n) is 13.1. The van der Waals surface area contributed by atoms with Gasteiger partial charge in [0.2, 0.25) is 0 Å². The molecule has 1 unspecified atom stereocenters. The monoisotopic (exact) mass is 272 g/mol. The summed E-state index contributed by atoms with van der Waals surface area (Å²) in [6.07, 6.45) is 6.62.